The fourth-order valence-corrected chi connectivity index (χ4v) is 2.87. The van der Waals surface area contributed by atoms with Gasteiger partial charge in [-0.05, 0) is 25.2 Å². The van der Waals surface area contributed by atoms with E-state index in [1.165, 1.54) is 0 Å². The smallest absolute Gasteiger partial charge is 0.213 e. The largest absolute Gasteiger partial charge is 0.468 e. The minimum absolute atomic E-state index is 0. The summed E-state index contributed by atoms with van der Waals surface area (Å²) in [5.41, 5.74) is -0.0504. The molecule has 158 valence electrons. The van der Waals surface area contributed by atoms with E-state index in [4.69, 9.17) is 8.83 Å². The molecule has 2 N–H and O–H groups in total. The molecule has 8 heteroatoms. The van der Waals surface area contributed by atoms with Crippen molar-refractivity contribution in [2.24, 2.45) is 4.99 Å². The number of aliphatic imine (C=N–C) groups is 1. The molecule has 0 amide bonds. The fourth-order valence-electron chi connectivity index (χ4n) is 2.87. The van der Waals surface area contributed by atoms with E-state index in [9.17, 15) is 0 Å². The summed E-state index contributed by atoms with van der Waals surface area (Å²) in [6.45, 7) is 13.7. The van der Waals surface area contributed by atoms with Crippen LogP contribution in [-0.2, 0) is 12.0 Å². The Morgan fingerprint density at radius 2 is 1.96 bits per heavy atom. The number of nitrogens with one attached hydrogen (secondary N) is 2. The van der Waals surface area contributed by atoms with Gasteiger partial charge >= 0.3 is 0 Å². The summed E-state index contributed by atoms with van der Waals surface area (Å²) in [5.74, 6) is 3.18. The highest BCUT2D eigenvalue weighted by atomic mass is 127. The van der Waals surface area contributed by atoms with Crippen molar-refractivity contribution in [3.63, 3.8) is 0 Å². The first-order chi connectivity index (χ1) is 12.9. The number of hydrogen-bond acceptors (Lipinski definition) is 5. The molecule has 0 fully saturated rings. The third kappa shape index (κ3) is 6.80. The third-order valence-electron chi connectivity index (χ3n) is 4.51. The molecule has 2 heterocycles. The third-order valence-corrected chi connectivity index (χ3v) is 4.51. The second-order valence-corrected chi connectivity index (χ2v) is 7.43. The monoisotopic (exact) mass is 503 g/mol. The minimum atomic E-state index is -0.0504. The Bertz CT molecular complexity index is 703. The quantitative estimate of drug-likeness (QED) is 0.323. The molecule has 7 nitrogen and oxygen atoms in total. The Hall–Kier alpha value is -1.55. The summed E-state index contributed by atoms with van der Waals surface area (Å²) in [5, 5.41) is 6.64. The van der Waals surface area contributed by atoms with E-state index in [2.05, 4.69) is 60.1 Å². The maximum absolute atomic E-state index is 5.82. The molecule has 2 aromatic heterocycles. The molecule has 0 saturated carbocycles. The van der Waals surface area contributed by atoms with Crippen molar-refractivity contribution in [3.8, 4) is 0 Å². The molecular weight excluding hydrogens is 469 g/mol. The SMILES string of the molecule is CCN(CC)C(CNC(=NC)NCc1ncc(C(C)(C)C)o1)c1ccco1.I. The molecule has 0 aliphatic rings. The van der Waals surface area contributed by atoms with Crippen LogP contribution in [0.3, 0.4) is 0 Å². The Kier molecular flexibility index (Phi) is 10.0. The van der Waals surface area contributed by atoms with Crippen molar-refractivity contribution < 1.29 is 8.83 Å². The van der Waals surface area contributed by atoms with Crippen molar-refractivity contribution in [2.45, 2.75) is 52.6 Å². The summed E-state index contributed by atoms with van der Waals surface area (Å²) in [6.07, 6.45) is 3.51. The molecule has 0 spiro atoms. The first-order valence-corrected chi connectivity index (χ1v) is 9.56. The van der Waals surface area contributed by atoms with Crippen molar-refractivity contribution in [1.82, 2.24) is 20.5 Å². The van der Waals surface area contributed by atoms with Gasteiger partial charge < -0.3 is 19.5 Å². The average Bonchev–Trinajstić information content (AvgIpc) is 3.32. The highest BCUT2D eigenvalue weighted by Gasteiger charge is 2.21. The summed E-state index contributed by atoms with van der Waals surface area (Å²) in [7, 11) is 1.75. The number of likely N-dealkylation sites (N-methyl/N-ethyl adjacent to an activating group) is 1. The predicted octanol–water partition coefficient (Wildman–Crippen LogP) is 3.93. The number of oxazole rings is 1. The Labute approximate surface area is 185 Å². The Morgan fingerprint density at radius 3 is 2.46 bits per heavy atom. The first kappa shape index (κ1) is 24.5. The molecule has 0 saturated heterocycles. The van der Waals surface area contributed by atoms with Crippen LogP contribution in [0.15, 0.2) is 38.4 Å². The van der Waals surface area contributed by atoms with E-state index < -0.39 is 0 Å². The van der Waals surface area contributed by atoms with Crippen LogP contribution in [0, 0.1) is 0 Å². The van der Waals surface area contributed by atoms with Crippen LogP contribution >= 0.6 is 24.0 Å². The highest BCUT2D eigenvalue weighted by molar-refractivity contribution is 14.0. The number of guanidine groups is 1. The normalized spacial score (nSPS) is 13.3. The van der Waals surface area contributed by atoms with E-state index in [-0.39, 0.29) is 35.4 Å². The number of rotatable bonds is 8. The van der Waals surface area contributed by atoms with E-state index in [0.717, 1.165) is 24.6 Å². The van der Waals surface area contributed by atoms with Gasteiger partial charge in [0.1, 0.15) is 11.5 Å². The second-order valence-electron chi connectivity index (χ2n) is 7.43. The lowest BCUT2D eigenvalue weighted by atomic mass is 9.94. The Balaban J connectivity index is 0.00000392. The zero-order valence-electron chi connectivity index (χ0n) is 17.8. The number of nitrogens with zero attached hydrogens (tertiary/aromatic N) is 3. The van der Waals surface area contributed by atoms with Gasteiger partial charge in [0.15, 0.2) is 5.96 Å². The van der Waals surface area contributed by atoms with Gasteiger partial charge in [0.2, 0.25) is 5.89 Å². The summed E-state index contributed by atoms with van der Waals surface area (Å²) in [4.78, 5) is 11.0. The van der Waals surface area contributed by atoms with Gasteiger partial charge in [0.05, 0.1) is 25.0 Å². The first-order valence-electron chi connectivity index (χ1n) is 9.56. The maximum atomic E-state index is 5.82. The maximum Gasteiger partial charge on any atom is 0.213 e. The molecule has 28 heavy (non-hydrogen) atoms. The molecule has 0 aromatic carbocycles. The Morgan fingerprint density at radius 1 is 1.25 bits per heavy atom. The van der Waals surface area contributed by atoms with Crippen molar-refractivity contribution in [2.75, 3.05) is 26.7 Å². The van der Waals surface area contributed by atoms with Crippen LogP contribution in [0.5, 0.6) is 0 Å². The zero-order valence-corrected chi connectivity index (χ0v) is 20.1. The molecule has 2 aromatic rings. The van der Waals surface area contributed by atoms with Gasteiger partial charge in [0, 0.05) is 19.0 Å². The lowest BCUT2D eigenvalue weighted by Gasteiger charge is -2.28. The van der Waals surface area contributed by atoms with Gasteiger partial charge in [-0.15, -0.1) is 24.0 Å². The van der Waals surface area contributed by atoms with E-state index >= 15 is 0 Å². The van der Waals surface area contributed by atoms with Gasteiger partial charge in [0.25, 0.3) is 0 Å². The standard InChI is InChI=1S/C20H33N5O2.HI/c1-7-25(8-2)15(16-10-9-11-26-16)12-23-19(21-6)24-14-18-22-13-17(27-18)20(3,4)5;/h9-11,13,15H,7-8,12,14H2,1-6H3,(H2,21,23,24);1H. The van der Waals surface area contributed by atoms with Crippen LogP contribution in [0.2, 0.25) is 0 Å². The topological polar surface area (TPSA) is 78.8 Å². The summed E-state index contributed by atoms with van der Waals surface area (Å²) < 4.78 is 11.5. The minimum Gasteiger partial charge on any atom is -0.468 e. The average molecular weight is 503 g/mol. The molecule has 0 aliphatic carbocycles. The summed E-state index contributed by atoms with van der Waals surface area (Å²) in [6, 6.07) is 4.08. The molecule has 0 aliphatic heterocycles. The lowest BCUT2D eigenvalue weighted by molar-refractivity contribution is 0.193. The number of halogens is 1. The van der Waals surface area contributed by atoms with Crippen LogP contribution in [-0.4, -0.2) is 42.5 Å². The van der Waals surface area contributed by atoms with Crippen LogP contribution in [0.4, 0.5) is 0 Å². The number of hydrogen-bond donors (Lipinski definition) is 2. The molecular formula is C20H34IN5O2. The zero-order chi connectivity index (χ0) is 19.9. The van der Waals surface area contributed by atoms with E-state index in [1.807, 2.05) is 12.1 Å². The molecule has 0 radical (unpaired) electrons. The van der Waals surface area contributed by atoms with Crippen molar-refractivity contribution in [3.05, 3.63) is 42.0 Å². The number of aromatic nitrogens is 1. The van der Waals surface area contributed by atoms with E-state index in [0.29, 0.717) is 24.9 Å². The highest BCUT2D eigenvalue weighted by Crippen LogP contribution is 2.22. The molecule has 2 rings (SSSR count). The molecule has 0 bridgehead atoms. The van der Waals surface area contributed by atoms with Crippen LogP contribution < -0.4 is 10.6 Å². The van der Waals surface area contributed by atoms with Gasteiger partial charge in [-0.2, -0.15) is 0 Å². The lowest BCUT2D eigenvalue weighted by Crippen LogP contribution is -2.43. The van der Waals surface area contributed by atoms with Gasteiger partial charge in [-0.25, -0.2) is 4.98 Å². The van der Waals surface area contributed by atoms with Gasteiger partial charge in [-0.3, -0.25) is 9.89 Å². The number of furan rings is 1. The van der Waals surface area contributed by atoms with Gasteiger partial charge in [-0.1, -0.05) is 34.6 Å². The molecule has 1 atom stereocenters. The van der Waals surface area contributed by atoms with Crippen LogP contribution in [0.25, 0.3) is 0 Å². The summed E-state index contributed by atoms with van der Waals surface area (Å²) >= 11 is 0. The predicted molar refractivity (Wildman–Crippen MR) is 123 cm³/mol. The van der Waals surface area contributed by atoms with Crippen LogP contribution in [0.1, 0.15) is 58.1 Å². The van der Waals surface area contributed by atoms with Crippen molar-refractivity contribution >= 4 is 29.9 Å². The van der Waals surface area contributed by atoms with Crippen molar-refractivity contribution in [1.29, 1.82) is 0 Å². The fraction of sp³-hybridized carbons (Fsp3) is 0.600. The second kappa shape index (κ2) is 11.5. The molecule has 1 unspecified atom stereocenters. The van der Waals surface area contributed by atoms with E-state index in [1.54, 1.807) is 19.5 Å².